The fourth-order valence-electron chi connectivity index (χ4n) is 3.68. The van der Waals surface area contributed by atoms with Crippen molar-refractivity contribution in [3.63, 3.8) is 0 Å². The summed E-state index contributed by atoms with van der Waals surface area (Å²) < 4.78 is 29.0. The monoisotopic (exact) mass is 492 g/mol. The van der Waals surface area contributed by atoms with E-state index in [9.17, 15) is 13.6 Å². The van der Waals surface area contributed by atoms with Crippen LogP contribution >= 0.6 is 11.8 Å². The highest BCUT2D eigenvalue weighted by atomic mass is 32.2. The molecule has 0 spiro atoms. The van der Waals surface area contributed by atoms with E-state index in [2.05, 4.69) is 45.0 Å². The Balaban J connectivity index is 0.000000317. The number of ketones is 1. The summed E-state index contributed by atoms with van der Waals surface area (Å²) in [6, 6.07) is 13.3. The van der Waals surface area contributed by atoms with Gasteiger partial charge in [0.05, 0.1) is 0 Å². The van der Waals surface area contributed by atoms with Gasteiger partial charge in [-0.15, -0.1) is 11.8 Å². The minimum absolute atomic E-state index is 0.353. The minimum Gasteiger partial charge on any atom is -0.381 e. The second kappa shape index (κ2) is 18.6. The van der Waals surface area contributed by atoms with Crippen molar-refractivity contribution in [2.75, 3.05) is 13.2 Å². The molecular weight excluding hydrogens is 450 g/mol. The number of carbonyl (C=O) groups is 1. The molecule has 1 fully saturated rings. The molecule has 0 unspecified atom stereocenters. The Morgan fingerprint density at radius 2 is 1.35 bits per heavy atom. The molecule has 1 saturated carbocycles. The first-order valence-corrected chi connectivity index (χ1v) is 13.5. The molecule has 5 heteroatoms. The van der Waals surface area contributed by atoms with E-state index in [1.165, 1.54) is 36.1 Å². The predicted octanol–water partition coefficient (Wildman–Crippen LogP) is 8.67. The minimum atomic E-state index is -0.411. The number of ether oxygens (including phenoxy) is 1. The van der Waals surface area contributed by atoms with Gasteiger partial charge in [0.2, 0.25) is 0 Å². The van der Waals surface area contributed by atoms with Gasteiger partial charge >= 0.3 is 0 Å². The average Bonchev–Trinajstić information content (AvgIpc) is 2.84. The van der Waals surface area contributed by atoms with Crippen molar-refractivity contribution in [1.29, 1.82) is 0 Å². The van der Waals surface area contributed by atoms with E-state index in [-0.39, 0.29) is 0 Å². The molecule has 0 heterocycles. The molecule has 190 valence electrons. The van der Waals surface area contributed by atoms with E-state index in [1.807, 2.05) is 11.8 Å². The number of thioether (sulfide) groups is 1. The molecule has 1 aliphatic carbocycles. The third kappa shape index (κ3) is 14.5. The molecule has 34 heavy (non-hydrogen) atoms. The van der Waals surface area contributed by atoms with Gasteiger partial charge in [-0.3, -0.25) is 0 Å². The van der Waals surface area contributed by atoms with E-state index in [0.717, 1.165) is 68.4 Å². The van der Waals surface area contributed by atoms with Gasteiger partial charge in [-0.05, 0) is 99.7 Å². The van der Waals surface area contributed by atoms with Crippen molar-refractivity contribution in [3.05, 3.63) is 65.7 Å². The molecule has 0 radical (unpaired) electrons. The number of aryl methyl sites for hydroxylation is 1. The molecule has 0 N–H and O–H groups in total. The smallest absolute Gasteiger partial charge is 0.130 e. The average molecular weight is 493 g/mol. The Hall–Kier alpha value is -1.72. The first kappa shape index (κ1) is 30.3. The molecule has 0 bridgehead atoms. The maximum absolute atomic E-state index is 11.9. The second-order valence-corrected chi connectivity index (χ2v) is 10.1. The van der Waals surface area contributed by atoms with Gasteiger partial charge in [0.1, 0.15) is 17.4 Å². The predicted molar refractivity (Wildman–Crippen MR) is 140 cm³/mol. The fraction of sp³-hybridized carbons (Fsp3) is 0.552. The summed E-state index contributed by atoms with van der Waals surface area (Å²) in [5.41, 5.74) is 1.41. The van der Waals surface area contributed by atoms with Crippen LogP contribution in [0, 0.1) is 17.6 Å². The largest absolute Gasteiger partial charge is 0.381 e. The Labute approximate surface area is 209 Å². The Bertz CT molecular complexity index is 745. The van der Waals surface area contributed by atoms with E-state index in [4.69, 9.17) is 4.74 Å². The number of benzene rings is 2. The number of halogens is 2. The summed E-state index contributed by atoms with van der Waals surface area (Å²) in [7, 11) is 0. The van der Waals surface area contributed by atoms with Crippen molar-refractivity contribution in [1.82, 2.24) is 0 Å². The van der Waals surface area contributed by atoms with Gasteiger partial charge in [-0.25, -0.2) is 8.78 Å². The molecule has 0 aliphatic heterocycles. The maximum Gasteiger partial charge on any atom is 0.130 e. The maximum atomic E-state index is 11.9. The zero-order chi connectivity index (χ0) is 25.2. The molecule has 2 aromatic rings. The van der Waals surface area contributed by atoms with Crippen LogP contribution in [0.15, 0.2) is 53.4 Å². The zero-order valence-electron chi connectivity index (χ0n) is 21.3. The summed E-state index contributed by atoms with van der Waals surface area (Å²) in [5, 5.41) is 0.746. The first-order valence-electron chi connectivity index (χ1n) is 12.6. The van der Waals surface area contributed by atoms with E-state index in [0.29, 0.717) is 11.7 Å². The van der Waals surface area contributed by atoms with Gasteiger partial charge in [0.25, 0.3) is 0 Å². The van der Waals surface area contributed by atoms with Crippen LogP contribution in [0.3, 0.4) is 0 Å². The van der Waals surface area contributed by atoms with Crippen molar-refractivity contribution in [2.24, 2.45) is 5.92 Å². The summed E-state index contributed by atoms with van der Waals surface area (Å²) in [6.45, 7) is 10.0. The molecule has 1 aliphatic rings. The van der Waals surface area contributed by atoms with Gasteiger partial charge in [-0.2, -0.15) is 0 Å². The lowest BCUT2D eigenvalue weighted by atomic mass is 9.86. The number of Topliss-reactive ketones (excluding diaryl/α,β-unsaturated/α-hetero) is 1. The van der Waals surface area contributed by atoms with Crippen LogP contribution < -0.4 is 0 Å². The number of rotatable bonds is 9. The van der Waals surface area contributed by atoms with Crippen LogP contribution in [-0.2, 0) is 16.0 Å². The van der Waals surface area contributed by atoms with E-state index < -0.39 is 11.6 Å². The normalized spacial score (nSPS) is 17.1. The van der Waals surface area contributed by atoms with Gasteiger partial charge < -0.3 is 9.53 Å². The molecule has 0 atom stereocenters. The van der Waals surface area contributed by atoms with Crippen LogP contribution in [0.2, 0.25) is 0 Å². The number of carbonyl (C=O) groups excluding carboxylic acids is 1. The lowest BCUT2D eigenvalue weighted by Crippen LogP contribution is -2.17. The molecule has 2 nitrogen and oxygen atoms in total. The van der Waals surface area contributed by atoms with Crippen LogP contribution in [0.1, 0.15) is 78.2 Å². The van der Waals surface area contributed by atoms with Crippen LogP contribution in [0.5, 0.6) is 0 Å². The highest BCUT2D eigenvalue weighted by Crippen LogP contribution is 2.37. The SMILES string of the molecule is CCCOCCC.CCc1ccc(SC2CCC(CC(C)=O)CC2)cc1.Fc1ccc(F)cc1. The van der Waals surface area contributed by atoms with Crippen molar-refractivity contribution in [3.8, 4) is 0 Å². The molecule has 0 saturated heterocycles. The zero-order valence-corrected chi connectivity index (χ0v) is 22.1. The molecule has 2 aromatic carbocycles. The summed E-state index contributed by atoms with van der Waals surface area (Å²) in [6.07, 6.45) is 9.16. The standard InChI is InChI=1S/C17H24OS.C6H4F2.C6H14O/c1-3-14-4-8-16(9-5-14)19-17-10-6-15(7-11-17)12-13(2)18;7-5-1-2-6(8)4-3-5;1-3-5-7-6-4-2/h4-5,8-9,15,17H,3,6-7,10-12H2,1-2H3;1-4H;3-6H2,1-2H3. The third-order valence-electron chi connectivity index (χ3n) is 5.50. The topological polar surface area (TPSA) is 26.3 Å². The van der Waals surface area contributed by atoms with Crippen molar-refractivity contribution < 1.29 is 18.3 Å². The fourth-order valence-corrected chi connectivity index (χ4v) is 4.86. The van der Waals surface area contributed by atoms with Crippen molar-refractivity contribution in [2.45, 2.75) is 89.2 Å². The lowest BCUT2D eigenvalue weighted by Gasteiger charge is -2.27. The lowest BCUT2D eigenvalue weighted by molar-refractivity contribution is -0.118. The van der Waals surface area contributed by atoms with Crippen LogP contribution in [0.25, 0.3) is 0 Å². The molecule has 0 amide bonds. The molecule has 3 rings (SSSR count). The highest BCUT2D eigenvalue weighted by Gasteiger charge is 2.22. The van der Waals surface area contributed by atoms with Crippen LogP contribution in [-0.4, -0.2) is 24.2 Å². The Morgan fingerprint density at radius 1 is 0.853 bits per heavy atom. The van der Waals surface area contributed by atoms with Crippen LogP contribution in [0.4, 0.5) is 8.78 Å². The Kier molecular flexibility index (Phi) is 16.6. The second-order valence-electron chi connectivity index (χ2n) is 8.71. The quantitative estimate of drug-likeness (QED) is 0.328. The van der Waals surface area contributed by atoms with Crippen molar-refractivity contribution >= 4 is 17.5 Å². The first-order chi connectivity index (χ1) is 16.4. The summed E-state index contributed by atoms with van der Waals surface area (Å²) >= 11 is 2.02. The molecular formula is C29H42F2O2S. The summed E-state index contributed by atoms with van der Waals surface area (Å²) in [4.78, 5) is 12.5. The third-order valence-corrected chi connectivity index (χ3v) is 6.85. The van der Waals surface area contributed by atoms with E-state index in [1.54, 1.807) is 6.92 Å². The number of hydrogen-bond acceptors (Lipinski definition) is 3. The van der Waals surface area contributed by atoms with E-state index >= 15 is 0 Å². The van der Waals surface area contributed by atoms with Gasteiger partial charge in [0, 0.05) is 29.8 Å². The van der Waals surface area contributed by atoms with Gasteiger partial charge in [-0.1, -0.05) is 32.9 Å². The Morgan fingerprint density at radius 3 is 1.76 bits per heavy atom. The number of hydrogen-bond donors (Lipinski definition) is 0. The summed E-state index contributed by atoms with van der Waals surface area (Å²) in [5.74, 6) is 0.181. The molecule has 0 aromatic heterocycles. The highest BCUT2D eigenvalue weighted by molar-refractivity contribution is 8.00. The van der Waals surface area contributed by atoms with Gasteiger partial charge in [0.15, 0.2) is 0 Å².